The second-order valence-corrected chi connectivity index (χ2v) is 7.32. The monoisotopic (exact) mass is 370 g/mol. The van der Waals surface area contributed by atoms with Crippen molar-refractivity contribution in [3.63, 3.8) is 0 Å². The Hall–Kier alpha value is -2.40. The molecule has 6 heteroatoms. The molecule has 0 aromatic heterocycles. The van der Waals surface area contributed by atoms with E-state index in [-0.39, 0.29) is 18.1 Å². The van der Waals surface area contributed by atoms with Gasteiger partial charge >= 0.3 is 0 Å². The fraction of sp³-hybridized carbons (Fsp3) is 0.350. The Bertz CT molecular complexity index is 881. The second-order valence-electron chi connectivity index (χ2n) is 6.92. The van der Waals surface area contributed by atoms with Gasteiger partial charge in [0, 0.05) is 23.7 Å². The van der Waals surface area contributed by atoms with Crippen LogP contribution in [0.5, 0.6) is 11.5 Å². The first-order valence-corrected chi connectivity index (χ1v) is 9.37. The number of amides is 1. The Morgan fingerprint density at radius 3 is 2.77 bits per heavy atom. The van der Waals surface area contributed by atoms with Gasteiger partial charge in [0.2, 0.25) is 0 Å². The highest BCUT2D eigenvalue weighted by Gasteiger charge is 2.42. The van der Waals surface area contributed by atoms with Crippen molar-refractivity contribution in [2.45, 2.75) is 31.5 Å². The number of hydrogen-bond donors (Lipinski definition) is 1. The van der Waals surface area contributed by atoms with Crippen LogP contribution in [0.4, 0.5) is 5.69 Å². The maximum Gasteiger partial charge on any atom is 0.258 e. The van der Waals surface area contributed by atoms with E-state index in [1.54, 1.807) is 0 Å². The predicted molar refractivity (Wildman–Crippen MR) is 99.1 cm³/mol. The van der Waals surface area contributed by atoms with Gasteiger partial charge in [0.1, 0.15) is 6.17 Å². The number of para-hydroxylation sites is 1. The molecule has 0 spiro atoms. The lowest BCUT2D eigenvalue weighted by molar-refractivity contribution is 0.0666. The summed E-state index contributed by atoms with van der Waals surface area (Å²) in [5, 5.41) is 4.03. The number of rotatable bonds is 2. The number of carbonyl (C=O) groups excluding carboxylic acids is 1. The van der Waals surface area contributed by atoms with E-state index < -0.39 is 0 Å². The quantitative estimate of drug-likeness (QED) is 0.859. The first-order valence-electron chi connectivity index (χ1n) is 8.99. The number of fused-ring (bicyclic) bond motifs is 2. The van der Waals surface area contributed by atoms with Crippen LogP contribution in [0.3, 0.4) is 0 Å². The molecule has 2 heterocycles. The topological polar surface area (TPSA) is 50.8 Å². The first-order chi connectivity index (χ1) is 12.7. The molecular formula is C20H19ClN2O3. The molecule has 1 aliphatic carbocycles. The third-order valence-corrected chi connectivity index (χ3v) is 5.32. The van der Waals surface area contributed by atoms with Crippen molar-refractivity contribution >= 4 is 23.2 Å². The van der Waals surface area contributed by atoms with E-state index in [1.165, 1.54) is 0 Å². The molecule has 2 aliphatic heterocycles. The van der Waals surface area contributed by atoms with E-state index in [1.807, 2.05) is 41.3 Å². The van der Waals surface area contributed by atoms with Crippen LogP contribution in [0.25, 0.3) is 0 Å². The predicted octanol–water partition coefficient (Wildman–Crippen LogP) is 4.23. The van der Waals surface area contributed by atoms with Gasteiger partial charge in [-0.1, -0.05) is 23.7 Å². The third kappa shape index (κ3) is 2.58. The lowest BCUT2D eigenvalue weighted by Gasteiger charge is -2.38. The maximum absolute atomic E-state index is 13.1. The molecule has 2 aromatic carbocycles. The summed E-state index contributed by atoms with van der Waals surface area (Å²) in [7, 11) is 0. The second kappa shape index (κ2) is 6.09. The minimum Gasteiger partial charge on any atom is -0.489 e. The minimum absolute atomic E-state index is 0.0649. The van der Waals surface area contributed by atoms with Gasteiger partial charge in [-0.05, 0) is 37.1 Å². The Morgan fingerprint density at radius 1 is 1.12 bits per heavy atom. The summed E-state index contributed by atoms with van der Waals surface area (Å²) in [4.78, 5) is 15.1. The highest BCUT2D eigenvalue weighted by Crippen LogP contribution is 2.45. The molecule has 5 nitrogen and oxygen atoms in total. The first kappa shape index (κ1) is 15.8. The van der Waals surface area contributed by atoms with E-state index >= 15 is 0 Å². The summed E-state index contributed by atoms with van der Waals surface area (Å²) in [6.45, 7) is 1.19. The third-order valence-electron chi connectivity index (χ3n) is 5.04. The van der Waals surface area contributed by atoms with Gasteiger partial charge in [0.15, 0.2) is 11.5 Å². The fourth-order valence-electron chi connectivity index (χ4n) is 3.65. The molecule has 1 amide bonds. The molecule has 1 fully saturated rings. The summed E-state index contributed by atoms with van der Waals surface area (Å²) < 4.78 is 11.6. The zero-order chi connectivity index (χ0) is 17.7. The van der Waals surface area contributed by atoms with E-state index in [0.29, 0.717) is 29.7 Å². The lowest BCUT2D eigenvalue weighted by Crippen LogP contribution is -2.44. The largest absolute Gasteiger partial charge is 0.489 e. The van der Waals surface area contributed by atoms with Gasteiger partial charge in [-0.3, -0.25) is 4.79 Å². The zero-order valence-electron chi connectivity index (χ0n) is 14.2. The van der Waals surface area contributed by atoms with Crippen LogP contribution in [-0.4, -0.2) is 30.1 Å². The molecule has 1 saturated carbocycles. The molecule has 0 radical (unpaired) electrons. The molecule has 0 saturated heterocycles. The number of ether oxygens (including phenoxy) is 2. The normalized spacial score (nSPS) is 21.7. The number of nitrogens with one attached hydrogen (secondary N) is 1. The van der Waals surface area contributed by atoms with E-state index in [4.69, 9.17) is 21.1 Å². The van der Waals surface area contributed by atoms with Crippen LogP contribution >= 0.6 is 11.6 Å². The van der Waals surface area contributed by atoms with E-state index in [2.05, 4.69) is 5.32 Å². The standard InChI is InChI=1S/C20H19ClN2O3/c21-15-10-12(11-17-18(15)26-9-3-8-25-17)19-22-16-5-2-1-4-14(16)20(24)23(19)13-6-7-13/h1-2,4-5,10-11,13,19,22H,3,6-9H2. The highest BCUT2D eigenvalue weighted by molar-refractivity contribution is 6.32. The van der Waals surface area contributed by atoms with Gasteiger partial charge in [0.05, 0.1) is 23.8 Å². The average molecular weight is 371 g/mol. The summed E-state index contributed by atoms with van der Waals surface area (Å²) >= 11 is 6.48. The van der Waals surface area contributed by atoms with Crippen LogP contribution in [-0.2, 0) is 0 Å². The Labute approximate surface area is 156 Å². The van der Waals surface area contributed by atoms with Gasteiger partial charge in [-0.2, -0.15) is 0 Å². The number of anilines is 1. The Balaban J connectivity index is 1.59. The Kier molecular flexibility index (Phi) is 3.71. The fourth-order valence-corrected chi connectivity index (χ4v) is 3.92. The zero-order valence-corrected chi connectivity index (χ0v) is 15.0. The van der Waals surface area contributed by atoms with Gasteiger partial charge < -0.3 is 19.7 Å². The summed E-state index contributed by atoms with van der Waals surface area (Å²) in [6, 6.07) is 11.7. The van der Waals surface area contributed by atoms with Crippen molar-refractivity contribution in [2.24, 2.45) is 0 Å². The molecule has 134 valence electrons. The van der Waals surface area contributed by atoms with Crippen molar-refractivity contribution < 1.29 is 14.3 Å². The highest BCUT2D eigenvalue weighted by atomic mass is 35.5. The van der Waals surface area contributed by atoms with Crippen molar-refractivity contribution in [3.8, 4) is 11.5 Å². The number of benzene rings is 2. The number of halogens is 1. The molecular weight excluding hydrogens is 352 g/mol. The van der Waals surface area contributed by atoms with Crippen molar-refractivity contribution in [3.05, 3.63) is 52.5 Å². The SMILES string of the molecule is O=C1c2ccccc2NC(c2cc(Cl)c3c(c2)OCCCO3)N1C1CC1. The molecule has 1 N–H and O–H groups in total. The maximum atomic E-state index is 13.1. The van der Waals surface area contributed by atoms with Crippen LogP contribution in [0.15, 0.2) is 36.4 Å². The molecule has 1 unspecified atom stereocenters. The van der Waals surface area contributed by atoms with Gasteiger partial charge in [-0.25, -0.2) is 0 Å². The lowest BCUT2D eigenvalue weighted by atomic mass is 10.0. The minimum atomic E-state index is -0.264. The van der Waals surface area contributed by atoms with E-state index in [0.717, 1.165) is 36.1 Å². The molecule has 0 bridgehead atoms. The van der Waals surface area contributed by atoms with E-state index in [9.17, 15) is 4.79 Å². The number of hydrogen-bond acceptors (Lipinski definition) is 4. The number of nitrogens with zero attached hydrogens (tertiary/aromatic N) is 1. The molecule has 26 heavy (non-hydrogen) atoms. The van der Waals surface area contributed by atoms with Crippen LogP contribution < -0.4 is 14.8 Å². The number of carbonyl (C=O) groups is 1. The average Bonchev–Trinajstić information content (AvgIpc) is 3.48. The molecule has 2 aromatic rings. The van der Waals surface area contributed by atoms with Gasteiger partial charge in [0.25, 0.3) is 5.91 Å². The summed E-state index contributed by atoms with van der Waals surface area (Å²) in [5.41, 5.74) is 2.48. The smallest absolute Gasteiger partial charge is 0.258 e. The van der Waals surface area contributed by atoms with Crippen molar-refractivity contribution in [1.82, 2.24) is 4.90 Å². The summed E-state index contributed by atoms with van der Waals surface area (Å²) in [6.07, 6.45) is 2.62. The van der Waals surface area contributed by atoms with Crippen LogP contribution in [0, 0.1) is 0 Å². The summed E-state index contributed by atoms with van der Waals surface area (Å²) in [5.74, 6) is 1.30. The van der Waals surface area contributed by atoms with Crippen LogP contribution in [0.2, 0.25) is 5.02 Å². The molecule has 3 aliphatic rings. The van der Waals surface area contributed by atoms with Crippen LogP contribution in [0.1, 0.15) is 41.3 Å². The van der Waals surface area contributed by atoms with Crippen molar-refractivity contribution in [2.75, 3.05) is 18.5 Å². The van der Waals surface area contributed by atoms with Crippen molar-refractivity contribution in [1.29, 1.82) is 0 Å². The molecule has 5 rings (SSSR count). The Morgan fingerprint density at radius 2 is 1.92 bits per heavy atom. The van der Waals surface area contributed by atoms with Gasteiger partial charge in [-0.15, -0.1) is 0 Å². The molecule has 1 atom stereocenters.